The molecule has 0 aliphatic carbocycles. The Hall–Kier alpha value is -2.23. The fourth-order valence-corrected chi connectivity index (χ4v) is 1.85. The second-order valence-corrected chi connectivity index (χ2v) is 3.89. The first-order valence-corrected chi connectivity index (χ1v) is 5.46. The molecule has 0 bridgehead atoms. The maximum atomic E-state index is 5.71. The second-order valence-electron chi connectivity index (χ2n) is 3.89. The number of nitrogens with zero attached hydrogens (tertiary/aromatic N) is 1. The Labute approximate surface area is 99.0 Å². The van der Waals surface area contributed by atoms with Crippen LogP contribution in [0.2, 0.25) is 0 Å². The Morgan fingerprint density at radius 3 is 2.94 bits per heavy atom. The highest BCUT2D eigenvalue weighted by Gasteiger charge is 2.12. The number of rotatable bonds is 2. The smallest absolute Gasteiger partial charge is 0.132 e. The third-order valence-corrected chi connectivity index (χ3v) is 2.65. The van der Waals surface area contributed by atoms with Gasteiger partial charge >= 0.3 is 0 Å². The molecule has 2 N–H and O–H groups in total. The molecule has 1 aliphatic rings. The molecule has 0 spiro atoms. The summed E-state index contributed by atoms with van der Waals surface area (Å²) in [5.41, 5.74) is 6.78. The summed E-state index contributed by atoms with van der Waals surface area (Å²) in [6, 6.07) is 9.30. The van der Waals surface area contributed by atoms with Gasteiger partial charge in [-0.2, -0.15) is 0 Å². The molecule has 0 atom stereocenters. The molecule has 1 aromatic carbocycles. The van der Waals surface area contributed by atoms with Crippen LogP contribution in [0.15, 0.2) is 36.5 Å². The number of benzene rings is 1. The molecule has 0 unspecified atom stereocenters. The molecule has 1 aromatic heterocycles. The molecule has 4 nitrogen and oxygen atoms in total. The summed E-state index contributed by atoms with van der Waals surface area (Å²) in [5.74, 6) is 2.88. The van der Waals surface area contributed by atoms with Gasteiger partial charge in [-0.25, -0.2) is 4.98 Å². The Kier molecular flexibility index (Phi) is 2.33. The number of anilines is 1. The number of ether oxygens (including phenoxy) is 2. The topological polar surface area (TPSA) is 57.4 Å². The van der Waals surface area contributed by atoms with Crippen LogP contribution in [-0.4, -0.2) is 11.6 Å². The molecule has 0 radical (unpaired) electrons. The molecular formula is C13H12N2O2. The van der Waals surface area contributed by atoms with Crippen LogP contribution in [0, 0.1) is 0 Å². The van der Waals surface area contributed by atoms with E-state index in [0.717, 1.165) is 24.5 Å². The van der Waals surface area contributed by atoms with E-state index in [1.807, 2.05) is 18.2 Å². The molecule has 86 valence electrons. The number of aromatic nitrogens is 1. The third kappa shape index (κ3) is 2.01. The number of hydrogen-bond donors (Lipinski definition) is 1. The van der Waals surface area contributed by atoms with E-state index in [-0.39, 0.29) is 0 Å². The first kappa shape index (κ1) is 9.96. The number of pyridine rings is 1. The minimum atomic E-state index is 0.451. The number of nitrogens with two attached hydrogens (primary N) is 1. The SMILES string of the molecule is Nc1cc(Oc2ccc3c(c2)CCO3)ccn1. The van der Waals surface area contributed by atoms with Crippen LogP contribution in [-0.2, 0) is 6.42 Å². The van der Waals surface area contributed by atoms with Crippen LogP contribution in [0.4, 0.5) is 5.82 Å². The predicted octanol–water partition coefficient (Wildman–Crippen LogP) is 2.39. The summed E-state index contributed by atoms with van der Waals surface area (Å²) in [5, 5.41) is 0. The van der Waals surface area contributed by atoms with E-state index in [2.05, 4.69) is 4.98 Å². The largest absolute Gasteiger partial charge is 0.493 e. The van der Waals surface area contributed by atoms with E-state index in [1.165, 1.54) is 5.56 Å². The zero-order valence-electron chi connectivity index (χ0n) is 9.22. The maximum Gasteiger partial charge on any atom is 0.132 e. The molecule has 2 aromatic rings. The average Bonchev–Trinajstić information content (AvgIpc) is 2.76. The Balaban J connectivity index is 1.86. The van der Waals surface area contributed by atoms with Crippen molar-refractivity contribution in [1.82, 2.24) is 4.98 Å². The van der Waals surface area contributed by atoms with E-state index in [4.69, 9.17) is 15.2 Å². The second kappa shape index (κ2) is 3.97. The molecule has 3 rings (SSSR count). The van der Waals surface area contributed by atoms with Crippen LogP contribution in [0.25, 0.3) is 0 Å². The summed E-state index contributed by atoms with van der Waals surface area (Å²) in [4.78, 5) is 3.92. The van der Waals surface area contributed by atoms with E-state index >= 15 is 0 Å². The van der Waals surface area contributed by atoms with Crippen molar-refractivity contribution in [2.45, 2.75) is 6.42 Å². The van der Waals surface area contributed by atoms with Gasteiger partial charge in [0.2, 0.25) is 0 Å². The zero-order valence-corrected chi connectivity index (χ0v) is 9.22. The summed E-state index contributed by atoms with van der Waals surface area (Å²) in [6.07, 6.45) is 2.56. The number of fused-ring (bicyclic) bond motifs is 1. The van der Waals surface area contributed by atoms with Crippen molar-refractivity contribution in [3.8, 4) is 17.2 Å². The Morgan fingerprint density at radius 2 is 2.06 bits per heavy atom. The molecule has 0 amide bonds. The molecular weight excluding hydrogens is 216 g/mol. The summed E-state index contributed by atoms with van der Waals surface area (Å²) >= 11 is 0. The molecule has 17 heavy (non-hydrogen) atoms. The highest BCUT2D eigenvalue weighted by molar-refractivity contribution is 5.45. The van der Waals surface area contributed by atoms with Crippen molar-refractivity contribution < 1.29 is 9.47 Å². The van der Waals surface area contributed by atoms with Gasteiger partial charge in [0.05, 0.1) is 6.61 Å². The molecule has 2 heterocycles. The standard InChI is InChI=1S/C13H12N2O2/c14-13-8-11(3-5-15-13)17-10-1-2-12-9(7-10)4-6-16-12/h1-3,5,7-8H,4,6H2,(H2,14,15). The van der Waals surface area contributed by atoms with Gasteiger partial charge in [-0.05, 0) is 24.3 Å². The van der Waals surface area contributed by atoms with Gasteiger partial charge in [0.25, 0.3) is 0 Å². The molecule has 0 saturated heterocycles. The molecule has 4 heteroatoms. The van der Waals surface area contributed by atoms with E-state index in [1.54, 1.807) is 18.3 Å². The van der Waals surface area contributed by atoms with E-state index < -0.39 is 0 Å². The first-order chi connectivity index (χ1) is 8.31. The van der Waals surface area contributed by atoms with Crippen LogP contribution in [0.3, 0.4) is 0 Å². The molecule has 0 saturated carbocycles. The van der Waals surface area contributed by atoms with Gasteiger partial charge in [0.1, 0.15) is 23.1 Å². The van der Waals surface area contributed by atoms with Crippen molar-refractivity contribution in [2.24, 2.45) is 0 Å². The summed E-state index contributed by atoms with van der Waals surface area (Å²) in [6.45, 7) is 0.751. The quantitative estimate of drug-likeness (QED) is 0.857. The first-order valence-electron chi connectivity index (χ1n) is 5.46. The predicted molar refractivity (Wildman–Crippen MR) is 64.4 cm³/mol. The minimum Gasteiger partial charge on any atom is -0.493 e. The Bertz CT molecular complexity index is 555. The van der Waals surface area contributed by atoms with E-state index in [9.17, 15) is 0 Å². The fourth-order valence-electron chi connectivity index (χ4n) is 1.85. The van der Waals surface area contributed by atoms with Crippen molar-refractivity contribution >= 4 is 5.82 Å². The lowest BCUT2D eigenvalue weighted by Gasteiger charge is -2.07. The average molecular weight is 228 g/mol. The van der Waals surface area contributed by atoms with Gasteiger partial charge in [0, 0.05) is 24.2 Å². The highest BCUT2D eigenvalue weighted by atomic mass is 16.5. The lowest BCUT2D eigenvalue weighted by molar-refractivity contribution is 0.356. The fraction of sp³-hybridized carbons (Fsp3) is 0.154. The monoisotopic (exact) mass is 228 g/mol. The molecule has 1 aliphatic heterocycles. The van der Waals surface area contributed by atoms with Gasteiger partial charge in [-0.1, -0.05) is 0 Å². The summed E-state index contributed by atoms with van der Waals surface area (Å²) < 4.78 is 11.1. The van der Waals surface area contributed by atoms with Crippen LogP contribution >= 0.6 is 0 Å². The normalized spacial score (nSPS) is 12.9. The maximum absolute atomic E-state index is 5.71. The lowest BCUT2D eigenvalue weighted by atomic mass is 10.1. The van der Waals surface area contributed by atoms with Crippen LogP contribution in [0.1, 0.15) is 5.56 Å². The van der Waals surface area contributed by atoms with Gasteiger partial charge in [-0.3, -0.25) is 0 Å². The third-order valence-electron chi connectivity index (χ3n) is 2.65. The van der Waals surface area contributed by atoms with E-state index in [0.29, 0.717) is 11.6 Å². The zero-order chi connectivity index (χ0) is 11.7. The number of hydrogen-bond acceptors (Lipinski definition) is 4. The van der Waals surface area contributed by atoms with Crippen LogP contribution < -0.4 is 15.2 Å². The minimum absolute atomic E-state index is 0.451. The van der Waals surface area contributed by atoms with Crippen LogP contribution in [0.5, 0.6) is 17.2 Å². The number of nitrogen functional groups attached to an aromatic ring is 1. The van der Waals surface area contributed by atoms with Crippen molar-refractivity contribution in [2.75, 3.05) is 12.3 Å². The van der Waals surface area contributed by atoms with Gasteiger partial charge < -0.3 is 15.2 Å². The summed E-state index contributed by atoms with van der Waals surface area (Å²) in [7, 11) is 0. The van der Waals surface area contributed by atoms with Gasteiger partial charge in [-0.15, -0.1) is 0 Å². The lowest BCUT2D eigenvalue weighted by Crippen LogP contribution is -1.91. The highest BCUT2D eigenvalue weighted by Crippen LogP contribution is 2.31. The molecule has 0 fully saturated rings. The Morgan fingerprint density at radius 1 is 1.18 bits per heavy atom. The van der Waals surface area contributed by atoms with Crippen molar-refractivity contribution in [3.63, 3.8) is 0 Å². The van der Waals surface area contributed by atoms with Crippen molar-refractivity contribution in [3.05, 3.63) is 42.1 Å². The van der Waals surface area contributed by atoms with Gasteiger partial charge in [0.15, 0.2) is 0 Å². The van der Waals surface area contributed by atoms with Crippen molar-refractivity contribution in [1.29, 1.82) is 0 Å².